The molecule has 1 unspecified atom stereocenters. The molecule has 0 N–H and O–H groups in total. The quantitative estimate of drug-likeness (QED) is 0.725. The Bertz CT molecular complexity index is 430. The van der Waals surface area contributed by atoms with Gasteiger partial charge >= 0.3 is 0 Å². The summed E-state index contributed by atoms with van der Waals surface area (Å²) in [7, 11) is -0.991. The molecule has 74 valence electrons. The first kappa shape index (κ1) is 9.80. The van der Waals surface area contributed by atoms with Gasteiger partial charge in [0.1, 0.15) is 0 Å². The van der Waals surface area contributed by atoms with Crippen LogP contribution in [0.25, 0.3) is 6.08 Å². The molecule has 0 amide bonds. The van der Waals surface area contributed by atoms with E-state index < -0.39 is 10.8 Å². The van der Waals surface area contributed by atoms with Gasteiger partial charge in [0.2, 0.25) is 0 Å². The first-order chi connectivity index (χ1) is 6.74. The van der Waals surface area contributed by atoms with E-state index in [2.05, 4.69) is 6.08 Å². The highest BCUT2D eigenvalue weighted by molar-refractivity contribution is 7.86. The van der Waals surface area contributed by atoms with Crippen molar-refractivity contribution < 1.29 is 9.00 Å². The standard InChI is InChI=1S/C10H10O2S2/c1-14(12)10-8-5-3-2-4-7(8)9(6-11)13-10/h3,5-6H,2,4H2,1H3. The average Bonchev–Trinajstić information content (AvgIpc) is 2.56. The molecule has 1 heterocycles. The van der Waals surface area contributed by atoms with Gasteiger partial charge in [0, 0.05) is 11.8 Å². The fourth-order valence-electron chi connectivity index (χ4n) is 1.64. The van der Waals surface area contributed by atoms with E-state index in [1.165, 1.54) is 11.3 Å². The topological polar surface area (TPSA) is 34.1 Å². The Balaban J connectivity index is 2.65. The fourth-order valence-corrected chi connectivity index (χ4v) is 3.76. The van der Waals surface area contributed by atoms with Crippen LogP contribution in [0.5, 0.6) is 0 Å². The molecule has 1 atom stereocenters. The zero-order chi connectivity index (χ0) is 10.1. The highest BCUT2D eigenvalue weighted by atomic mass is 32.2. The van der Waals surface area contributed by atoms with Gasteiger partial charge in [-0.25, -0.2) is 0 Å². The van der Waals surface area contributed by atoms with E-state index in [0.717, 1.165) is 39.3 Å². The minimum atomic E-state index is -0.991. The number of thiophene rings is 1. The van der Waals surface area contributed by atoms with Crippen molar-refractivity contribution in [2.75, 3.05) is 6.26 Å². The van der Waals surface area contributed by atoms with Crippen LogP contribution in [0.2, 0.25) is 0 Å². The van der Waals surface area contributed by atoms with E-state index in [4.69, 9.17) is 0 Å². The Hall–Kier alpha value is -0.740. The first-order valence-electron chi connectivity index (χ1n) is 4.35. The Kier molecular flexibility index (Phi) is 2.65. The summed E-state index contributed by atoms with van der Waals surface area (Å²) in [4.78, 5) is 11.5. The molecule has 1 aliphatic carbocycles. The molecule has 2 rings (SSSR count). The molecule has 2 nitrogen and oxygen atoms in total. The van der Waals surface area contributed by atoms with Crippen LogP contribution >= 0.6 is 11.3 Å². The maximum absolute atomic E-state index is 11.4. The Labute approximate surface area is 89.1 Å². The van der Waals surface area contributed by atoms with E-state index >= 15 is 0 Å². The maximum atomic E-state index is 11.4. The molecule has 0 saturated heterocycles. The van der Waals surface area contributed by atoms with Gasteiger partial charge in [0.05, 0.1) is 19.9 Å². The lowest BCUT2D eigenvalue weighted by Crippen LogP contribution is -1.95. The van der Waals surface area contributed by atoms with Crippen molar-refractivity contribution in [1.29, 1.82) is 0 Å². The summed E-state index contributed by atoms with van der Waals surface area (Å²) in [6.07, 6.45) is 8.45. The second kappa shape index (κ2) is 3.79. The molecule has 1 aromatic heterocycles. The molecule has 1 aliphatic rings. The zero-order valence-corrected chi connectivity index (χ0v) is 9.41. The van der Waals surface area contributed by atoms with Gasteiger partial charge in [0.15, 0.2) is 6.29 Å². The third-order valence-corrected chi connectivity index (χ3v) is 4.92. The van der Waals surface area contributed by atoms with Gasteiger partial charge in [-0.05, 0) is 18.4 Å². The van der Waals surface area contributed by atoms with Gasteiger partial charge in [-0.1, -0.05) is 12.2 Å². The molecular formula is C10H10O2S2. The summed E-state index contributed by atoms with van der Waals surface area (Å²) in [5.41, 5.74) is 2.10. The van der Waals surface area contributed by atoms with Crippen molar-refractivity contribution in [3.05, 3.63) is 22.1 Å². The monoisotopic (exact) mass is 226 g/mol. The molecule has 0 bridgehead atoms. The van der Waals surface area contributed by atoms with E-state index in [-0.39, 0.29) is 0 Å². The number of aldehydes is 1. The van der Waals surface area contributed by atoms with Crippen molar-refractivity contribution in [3.63, 3.8) is 0 Å². The third kappa shape index (κ3) is 1.48. The number of rotatable bonds is 2. The van der Waals surface area contributed by atoms with E-state index in [1.807, 2.05) is 6.08 Å². The number of allylic oxidation sites excluding steroid dienone is 1. The van der Waals surface area contributed by atoms with Crippen molar-refractivity contribution >= 4 is 34.5 Å². The molecule has 0 radical (unpaired) electrons. The van der Waals surface area contributed by atoms with Crippen molar-refractivity contribution in [3.8, 4) is 0 Å². The van der Waals surface area contributed by atoms with E-state index in [9.17, 15) is 9.00 Å². The second-order valence-electron chi connectivity index (χ2n) is 3.16. The number of carbonyl (C=O) groups excluding carboxylic acids is 1. The molecule has 0 aliphatic heterocycles. The predicted octanol–water partition coefficient (Wildman–Crippen LogP) is 2.26. The van der Waals surface area contributed by atoms with Gasteiger partial charge in [0.25, 0.3) is 0 Å². The number of carbonyl (C=O) groups is 1. The summed E-state index contributed by atoms with van der Waals surface area (Å²) in [6.45, 7) is 0. The Morgan fingerprint density at radius 2 is 2.36 bits per heavy atom. The summed E-state index contributed by atoms with van der Waals surface area (Å²) >= 11 is 1.36. The van der Waals surface area contributed by atoms with Crippen LogP contribution in [0.15, 0.2) is 10.3 Å². The second-order valence-corrected chi connectivity index (χ2v) is 5.79. The maximum Gasteiger partial charge on any atom is 0.160 e. The highest BCUT2D eigenvalue weighted by Crippen LogP contribution is 2.34. The smallest absolute Gasteiger partial charge is 0.160 e. The average molecular weight is 226 g/mol. The van der Waals surface area contributed by atoms with Crippen LogP contribution in [0.1, 0.15) is 27.2 Å². The summed E-state index contributed by atoms with van der Waals surface area (Å²) in [6, 6.07) is 0. The number of fused-ring (bicyclic) bond motifs is 1. The molecule has 0 fully saturated rings. The van der Waals surface area contributed by atoms with Gasteiger partial charge < -0.3 is 0 Å². The van der Waals surface area contributed by atoms with Crippen LogP contribution < -0.4 is 0 Å². The number of hydrogen-bond acceptors (Lipinski definition) is 3. The molecule has 0 saturated carbocycles. The van der Waals surface area contributed by atoms with Crippen LogP contribution in [-0.4, -0.2) is 16.8 Å². The largest absolute Gasteiger partial charge is 0.297 e. The van der Waals surface area contributed by atoms with Crippen molar-refractivity contribution in [2.45, 2.75) is 17.1 Å². The van der Waals surface area contributed by atoms with E-state index in [1.54, 1.807) is 6.26 Å². The SMILES string of the molecule is CS(=O)c1sc(C=O)c2c1C=CCC2. The molecule has 0 spiro atoms. The fraction of sp³-hybridized carbons (Fsp3) is 0.300. The first-order valence-corrected chi connectivity index (χ1v) is 6.72. The highest BCUT2D eigenvalue weighted by Gasteiger charge is 2.19. The Morgan fingerprint density at radius 1 is 1.57 bits per heavy atom. The van der Waals surface area contributed by atoms with Crippen LogP contribution in [0, 0.1) is 0 Å². The molecule has 1 aromatic rings. The van der Waals surface area contributed by atoms with Crippen molar-refractivity contribution in [2.24, 2.45) is 0 Å². The molecule has 4 heteroatoms. The predicted molar refractivity (Wildman–Crippen MR) is 59.4 cm³/mol. The van der Waals surface area contributed by atoms with Crippen molar-refractivity contribution in [1.82, 2.24) is 0 Å². The lowest BCUT2D eigenvalue weighted by Gasteiger charge is -2.05. The van der Waals surface area contributed by atoms with E-state index in [0.29, 0.717) is 0 Å². The lowest BCUT2D eigenvalue weighted by atomic mass is 10.0. The normalized spacial score (nSPS) is 16.4. The van der Waals surface area contributed by atoms with Crippen LogP contribution in [0.4, 0.5) is 0 Å². The van der Waals surface area contributed by atoms with Crippen LogP contribution in [0.3, 0.4) is 0 Å². The zero-order valence-electron chi connectivity index (χ0n) is 7.78. The minimum Gasteiger partial charge on any atom is -0.297 e. The summed E-state index contributed by atoms with van der Waals surface area (Å²) in [5.74, 6) is 0. The minimum absolute atomic E-state index is 0.745. The van der Waals surface area contributed by atoms with Crippen LogP contribution in [-0.2, 0) is 17.2 Å². The molecule has 0 aromatic carbocycles. The third-order valence-electron chi connectivity index (χ3n) is 2.26. The number of hydrogen-bond donors (Lipinski definition) is 0. The summed E-state index contributed by atoms with van der Waals surface area (Å²) < 4.78 is 12.2. The van der Waals surface area contributed by atoms with Gasteiger partial charge in [-0.3, -0.25) is 9.00 Å². The lowest BCUT2D eigenvalue weighted by molar-refractivity contribution is 0.112. The van der Waals surface area contributed by atoms with Gasteiger partial charge in [-0.15, -0.1) is 11.3 Å². The van der Waals surface area contributed by atoms with Gasteiger partial charge in [-0.2, -0.15) is 0 Å². The summed E-state index contributed by atoms with van der Waals surface area (Å²) in [5, 5.41) is 0. The molecule has 14 heavy (non-hydrogen) atoms. The molecular weight excluding hydrogens is 216 g/mol. The Morgan fingerprint density at radius 3 is 3.00 bits per heavy atom.